The Balaban J connectivity index is 2.19. The van der Waals surface area contributed by atoms with Crippen LogP contribution in [0.15, 0.2) is 0 Å². The molecule has 0 radical (unpaired) electrons. The Labute approximate surface area is 79.6 Å². The molecule has 1 aliphatic heterocycles. The number of ether oxygens (including phenoxy) is 2. The average Bonchev–Trinajstić information content (AvgIpc) is 2.19. The lowest BCUT2D eigenvalue weighted by atomic mass is 10.1. The fraction of sp³-hybridized carbons (Fsp3) is 0.800. The molecule has 1 heterocycles. The molecule has 74 valence electrons. The molecule has 0 aliphatic carbocycles. The van der Waals surface area contributed by atoms with Crippen LogP contribution in [0, 0.1) is 11.8 Å². The molecule has 3 heteroatoms. The van der Waals surface area contributed by atoms with E-state index in [9.17, 15) is 0 Å². The van der Waals surface area contributed by atoms with Crippen molar-refractivity contribution in [2.75, 3.05) is 19.8 Å². The van der Waals surface area contributed by atoms with E-state index in [0.29, 0.717) is 19.8 Å². The van der Waals surface area contributed by atoms with Crippen molar-refractivity contribution in [3.63, 3.8) is 0 Å². The van der Waals surface area contributed by atoms with Gasteiger partial charge < -0.3 is 15.2 Å². The molecule has 0 amide bonds. The molecule has 1 aliphatic rings. The zero-order valence-electron chi connectivity index (χ0n) is 8.08. The zero-order chi connectivity index (χ0) is 9.52. The van der Waals surface area contributed by atoms with Gasteiger partial charge in [0.2, 0.25) is 0 Å². The van der Waals surface area contributed by atoms with Crippen molar-refractivity contribution >= 4 is 0 Å². The Morgan fingerprint density at radius 1 is 1.54 bits per heavy atom. The van der Waals surface area contributed by atoms with Gasteiger partial charge in [0.05, 0.1) is 25.9 Å². The standard InChI is InChI=1S/C10H17NO2/c1-2-3-4-5-9(11)10-8-12-6-7-13-10/h9-10H,4-8,11H2,1H3. The molecule has 0 saturated carbocycles. The average molecular weight is 183 g/mol. The van der Waals surface area contributed by atoms with E-state index in [1.165, 1.54) is 0 Å². The van der Waals surface area contributed by atoms with Crippen LogP contribution in [-0.2, 0) is 9.47 Å². The lowest BCUT2D eigenvalue weighted by Crippen LogP contribution is -2.43. The molecule has 2 N–H and O–H groups in total. The summed E-state index contributed by atoms with van der Waals surface area (Å²) in [6.07, 6.45) is 1.79. The molecule has 1 fully saturated rings. The van der Waals surface area contributed by atoms with Crippen LogP contribution in [0.3, 0.4) is 0 Å². The third-order valence-electron chi connectivity index (χ3n) is 2.10. The lowest BCUT2D eigenvalue weighted by molar-refractivity contribution is -0.0974. The molecule has 0 bridgehead atoms. The van der Waals surface area contributed by atoms with Gasteiger partial charge >= 0.3 is 0 Å². The van der Waals surface area contributed by atoms with Crippen LogP contribution in [0.4, 0.5) is 0 Å². The summed E-state index contributed by atoms with van der Waals surface area (Å²) in [6.45, 7) is 3.82. The normalized spacial score (nSPS) is 24.6. The van der Waals surface area contributed by atoms with Crippen molar-refractivity contribution in [2.24, 2.45) is 5.73 Å². The van der Waals surface area contributed by atoms with E-state index in [-0.39, 0.29) is 12.1 Å². The quantitative estimate of drug-likeness (QED) is 0.649. The summed E-state index contributed by atoms with van der Waals surface area (Å²) < 4.78 is 10.7. The van der Waals surface area contributed by atoms with Crippen molar-refractivity contribution in [1.29, 1.82) is 0 Å². The number of hydrogen-bond donors (Lipinski definition) is 1. The maximum atomic E-state index is 5.92. The second-order valence-corrected chi connectivity index (χ2v) is 3.11. The van der Waals surface area contributed by atoms with Gasteiger partial charge in [-0.3, -0.25) is 0 Å². The molecule has 0 aromatic rings. The summed E-state index contributed by atoms with van der Waals surface area (Å²) in [5, 5.41) is 0. The smallest absolute Gasteiger partial charge is 0.0960 e. The second-order valence-electron chi connectivity index (χ2n) is 3.11. The van der Waals surface area contributed by atoms with Gasteiger partial charge in [-0.15, -0.1) is 11.8 Å². The van der Waals surface area contributed by atoms with E-state index >= 15 is 0 Å². The monoisotopic (exact) mass is 183 g/mol. The number of hydrogen-bond acceptors (Lipinski definition) is 3. The van der Waals surface area contributed by atoms with Crippen LogP contribution in [0.1, 0.15) is 19.8 Å². The Morgan fingerprint density at radius 2 is 2.38 bits per heavy atom. The van der Waals surface area contributed by atoms with Crippen molar-refractivity contribution < 1.29 is 9.47 Å². The highest BCUT2D eigenvalue weighted by Crippen LogP contribution is 2.08. The van der Waals surface area contributed by atoms with Gasteiger partial charge in [0.25, 0.3) is 0 Å². The topological polar surface area (TPSA) is 44.5 Å². The van der Waals surface area contributed by atoms with Crippen molar-refractivity contribution in [3.05, 3.63) is 0 Å². The van der Waals surface area contributed by atoms with Gasteiger partial charge in [-0.1, -0.05) is 0 Å². The summed E-state index contributed by atoms with van der Waals surface area (Å²) in [6, 6.07) is 0.0566. The minimum Gasteiger partial charge on any atom is -0.376 e. The van der Waals surface area contributed by atoms with Crippen molar-refractivity contribution in [3.8, 4) is 11.8 Å². The molecule has 3 nitrogen and oxygen atoms in total. The molecular weight excluding hydrogens is 166 g/mol. The minimum absolute atomic E-state index is 0.0566. The first-order valence-electron chi connectivity index (χ1n) is 4.69. The molecule has 1 rings (SSSR count). The third-order valence-corrected chi connectivity index (χ3v) is 2.10. The van der Waals surface area contributed by atoms with Gasteiger partial charge in [-0.25, -0.2) is 0 Å². The van der Waals surface area contributed by atoms with Gasteiger partial charge in [0.15, 0.2) is 0 Å². The third kappa shape index (κ3) is 3.77. The Kier molecular flexibility index (Phi) is 4.84. The van der Waals surface area contributed by atoms with Crippen LogP contribution in [0.25, 0.3) is 0 Å². The SMILES string of the molecule is CC#CCCC(N)C1COCCO1. The zero-order valence-corrected chi connectivity index (χ0v) is 8.08. The molecule has 2 atom stereocenters. The first-order chi connectivity index (χ1) is 6.34. The summed E-state index contributed by atoms with van der Waals surface area (Å²) in [7, 11) is 0. The Bertz CT molecular complexity index is 189. The number of nitrogens with two attached hydrogens (primary N) is 1. The van der Waals surface area contributed by atoms with Crippen LogP contribution < -0.4 is 5.73 Å². The predicted molar refractivity (Wildman–Crippen MR) is 51.2 cm³/mol. The predicted octanol–water partition coefficient (Wildman–Crippen LogP) is 0.533. The van der Waals surface area contributed by atoms with E-state index in [0.717, 1.165) is 12.8 Å². The summed E-state index contributed by atoms with van der Waals surface area (Å²) in [5.74, 6) is 5.84. The second kappa shape index (κ2) is 5.98. The van der Waals surface area contributed by atoms with E-state index in [1.807, 2.05) is 6.92 Å². The summed E-state index contributed by atoms with van der Waals surface area (Å²) >= 11 is 0. The van der Waals surface area contributed by atoms with Crippen LogP contribution in [-0.4, -0.2) is 32.0 Å². The summed E-state index contributed by atoms with van der Waals surface area (Å²) in [4.78, 5) is 0. The largest absolute Gasteiger partial charge is 0.376 e. The molecule has 0 aromatic carbocycles. The summed E-state index contributed by atoms with van der Waals surface area (Å²) in [5.41, 5.74) is 5.92. The van der Waals surface area contributed by atoms with Crippen molar-refractivity contribution in [2.45, 2.75) is 31.9 Å². The van der Waals surface area contributed by atoms with Crippen molar-refractivity contribution in [1.82, 2.24) is 0 Å². The first-order valence-corrected chi connectivity index (χ1v) is 4.69. The molecular formula is C10H17NO2. The Morgan fingerprint density at radius 3 is 3.00 bits per heavy atom. The number of rotatable bonds is 3. The van der Waals surface area contributed by atoms with Gasteiger partial charge in [-0.05, 0) is 13.3 Å². The molecule has 0 aromatic heterocycles. The lowest BCUT2D eigenvalue weighted by Gasteiger charge is -2.27. The Hall–Kier alpha value is -0.560. The van der Waals surface area contributed by atoms with Gasteiger partial charge in [0, 0.05) is 12.5 Å². The van der Waals surface area contributed by atoms with Gasteiger partial charge in [0.1, 0.15) is 0 Å². The highest BCUT2D eigenvalue weighted by molar-refractivity contribution is 4.96. The fourth-order valence-electron chi connectivity index (χ4n) is 1.30. The van der Waals surface area contributed by atoms with Crippen LogP contribution in [0.2, 0.25) is 0 Å². The molecule has 13 heavy (non-hydrogen) atoms. The fourth-order valence-corrected chi connectivity index (χ4v) is 1.30. The highest BCUT2D eigenvalue weighted by atomic mass is 16.6. The van der Waals surface area contributed by atoms with E-state index in [2.05, 4.69) is 11.8 Å². The highest BCUT2D eigenvalue weighted by Gasteiger charge is 2.20. The molecule has 1 saturated heterocycles. The first kappa shape index (κ1) is 10.5. The molecule has 0 spiro atoms. The van der Waals surface area contributed by atoms with Gasteiger partial charge in [-0.2, -0.15) is 0 Å². The van der Waals surface area contributed by atoms with E-state index < -0.39 is 0 Å². The minimum atomic E-state index is 0.0566. The van der Waals surface area contributed by atoms with E-state index in [1.54, 1.807) is 0 Å². The maximum absolute atomic E-state index is 5.92. The maximum Gasteiger partial charge on any atom is 0.0960 e. The molecule has 2 unspecified atom stereocenters. The van der Waals surface area contributed by atoms with Crippen LogP contribution >= 0.6 is 0 Å². The van der Waals surface area contributed by atoms with E-state index in [4.69, 9.17) is 15.2 Å². The van der Waals surface area contributed by atoms with Crippen LogP contribution in [0.5, 0.6) is 0 Å².